The van der Waals surface area contributed by atoms with Gasteiger partial charge in [0.1, 0.15) is 6.04 Å². The molecule has 7 heteroatoms. The maximum Gasteiger partial charge on any atom is 0.367 e. The topological polar surface area (TPSA) is 72.9 Å². The molecule has 24 heavy (non-hydrogen) atoms. The number of anilines is 1. The molecule has 0 aliphatic carbocycles. The van der Waals surface area contributed by atoms with E-state index in [9.17, 15) is 14.4 Å². The third-order valence-corrected chi connectivity index (χ3v) is 4.20. The van der Waals surface area contributed by atoms with Gasteiger partial charge < -0.3 is 9.47 Å². The van der Waals surface area contributed by atoms with E-state index in [4.69, 9.17) is 9.47 Å². The van der Waals surface area contributed by atoms with E-state index in [1.54, 1.807) is 13.8 Å². The molecule has 1 unspecified atom stereocenters. The van der Waals surface area contributed by atoms with Crippen molar-refractivity contribution >= 4 is 34.6 Å². The molecule has 0 aromatic heterocycles. The summed E-state index contributed by atoms with van der Waals surface area (Å²) in [5, 5.41) is -0.516. The van der Waals surface area contributed by atoms with Gasteiger partial charge >= 0.3 is 11.3 Å². The van der Waals surface area contributed by atoms with Crippen molar-refractivity contribution in [3.63, 3.8) is 0 Å². The molecular weight excluding hydrogens is 330 g/mol. The summed E-state index contributed by atoms with van der Waals surface area (Å²) in [6.45, 7) is 7.28. The van der Waals surface area contributed by atoms with Crippen molar-refractivity contribution in [1.82, 2.24) is 0 Å². The maximum atomic E-state index is 12.7. The van der Waals surface area contributed by atoms with Crippen LogP contribution in [0.1, 0.15) is 25.0 Å². The Bertz CT molecular complexity index is 597. The fraction of sp³-hybridized carbons (Fsp3) is 0.471. The summed E-state index contributed by atoms with van der Waals surface area (Å²) >= 11 is 0.776. The number of carbonyl (C=O) groups excluding carboxylic acids is 3. The van der Waals surface area contributed by atoms with Crippen molar-refractivity contribution in [1.29, 1.82) is 0 Å². The van der Waals surface area contributed by atoms with E-state index in [1.165, 1.54) is 12.0 Å². The van der Waals surface area contributed by atoms with Crippen LogP contribution < -0.4 is 4.90 Å². The van der Waals surface area contributed by atoms with Crippen LogP contribution in [0.2, 0.25) is 0 Å². The molecule has 0 heterocycles. The smallest absolute Gasteiger partial charge is 0.367 e. The predicted octanol–water partition coefficient (Wildman–Crippen LogP) is 3.09. The Labute approximate surface area is 146 Å². The van der Waals surface area contributed by atoms with Gasteiger partial charge in [-0.25, -0.2) is 9.59 Å². The zero-order valence-electron chi connectivity index (χ0n) is 14.6. The molecule has 0 N–H and O–H groups in total. The number of hydrogen-bond acceptors (Lipinski definition) is 6. The van der Waals surface area contributed by atoms with Crippen LogP contribution in [-0.4, -0.2) is 42.7 Å². The second kappa shape index (κ2) is 9.32. The standard InChI is InChI=1S/C17H23NO5S/c1-6-23-17(21)24-10-14(19)18(13(4)16(20)22-5)15-11(2)8-7-9-12(15)3/h7-9,13H,6,10H2,1-5H3. The number of aryl methyl sites for hydroxylation is 2. The maximum absolute atomic E-state index is 12.7. The molecule has 6 nitrogen and oxygen atoms in total. The van der Waals surface area contributed by atoms with Gasteiger partial charge in [0.15, 0.2) is 0 Å². The molecule has 0 fully saturated rings. The second-order valence-corrected chi connectivity index (χ2v) is 6.09. The average molecular weight is 353 g/mol. The van der Waals surface area contributed by atoms with Crippen LogP contribution in [0.25, 0.3) is 0 Å². The summed E-state index contributed by atoms with van der Waals surface area (Å²) in [5.41, 5.74) is 2.38. The molecule has 0 saturated carbocycles. The number of methoxy groups -OCH3 is 1. The molecule has 0 saturated heterocycles. The lowest BCUT2D eigenvalue weighted by Gasteiger charge is -2.30. The molecule has 0 radical (unpaired) electrons. The van der Waals surface area contributed by atoms with E-state index < -0.39 is 17.3 Å². The first kappa shape index (κ1) is 20.0. The molecule has 1 rings (SSSR count). The summed E-state index contributed by atoms with van der Waals surface area (Å²) in [5.74, 6) is -0.996. The molecule has 1 atom stereocenters. The van der Waals surface area contributed by atoms with E-state index in [0.29, 0.717) is 5.69 Å². The van der Waals surface area contributed by atoms with E-state index in [2.05, 4.69) is 0 Å². The number of benzene rings is 1. The summed E-state index contributed by atoms with van der Waals surface area (Å²) in [4.78, 5) is 37.6. The number of thioether (sulfide) groups is 1. The van der Waals surface area contributed by atoms with Crippen molar-refractivity contribution in [2.45, 2.75) is 33.7 Å². The van der Waals surface area contributed by atoms with Crippen LogP contribution in [0, 0.1) is 13.8 Å². The van der Waals surface area contributed by atoms with Crippen LogP contribution in [0.15, 0.2) is 18.2 Å². The lowest BCUT2D eigenvalue weighted by atomic mass is 10.1. The number of ether oxygens (including phenoxy) is 2. The number of amides is 1. The van der Waals surface area contributed by atoms with Crippen LogP contribution in [-0.2, 0) is 19.1 Å². The van der Waals surface area contributed by atoms with Gasteiger partial charge in [0.05, 0.1) is 25.2 Å². The summed E-state index contributed by atoms with van der Waals surface area (Å²) < 4.78 is 9.59. The van der Waals surface area contributed by atoms with Crippen molar-refractivity contribution in [3.8, 4) is 0 Å². The van der Waals surface area contributed by atoms with Crippen LogP contribution >= 0.6 is 11.8 Å². The Morgan fingerprint density at radius 2 is 1.79 bits per heavy atom. The van der Waals surface area contributed by atoms with Gasteiger partial charge in [-0.3, -0.25) is 9.69 Å². The van der Waals surface area contributed by atoms with Crippen LogP contribution in [0.5, 0.6) is 0 Å². The minimum Gasteiger partial charge on any atom is -0.467 e. The van der Waals surface area contributed by atoms with Gasteiger partial charge in [-0.1, -0.05) is 18.2 Å². The van der Waals surface area contributed by atoms with E-state index in [1.807, 2.05) is 32.0 Å². The van der Waals surface area contributed by atoms with Crippen molar-refractivity contribution in [2.24, 2.45) is 0 Å². The number of carbonyl (C=O) groups is 3. The Hall–Kier alpha value is -2.02. The second-order valence-electron chi connectivity index (χ2n) is 5.17. The molecule has 0 aliphatic rings. The number of hydrogen-bond donors (Lipinski definition) is 0. The first-order valence-electron chi connectivity index (χ1n) is 7.59. The molecule has 0 spiro atoms. The fourth-order valence-electron chi connectivity index (χ4n) is 2.35. The Morgan fingerprint density at radius 1 is 1.21 bits per heavy atom. The molecule has 0 bridgehead atoms. The van der Waals surface area contributed by atoms with E-state index in [0.717, 1.165) is 22.9 Å². The number of para-hydroxylation sites is 1. The van der Waals surface area contributed by atoms with Gasteiger partial charge in [-0.15, -0.1) is 0 Å². The molecular formula is C17H23NO5S. The van der Waals surface area contributed by atoms with Gasteiger partial charge in [-0.2, -0.15) is 0 Å². The van der Waals surface area contributed by atoms with Crippen molar-refractivity contribution < 1.29 is 23.9 Å². The molecule has 1 aromatic rings. The lowest BCUT2D eigenvalue weighted by molar-refractivity contribution is -0.142. The SMILES string of the molecule is CCOC(=O)SCC(=O)N(c1c(C)cccc1C)C(C)C(=O)OC. The molecule has 0 aliphatic heterocycles. The van der Waals surface area contributed by atoms with Crippen LogP contribution in [0.4, 0.5) is 10.5 Å². The van der Waals surface area contributed by atoms with Gasteiger partial charge in [0.25, 0.3) is 0 Å². The number of rotatable bonds is 6. The van der Waals surface area contributed by atoms with Crippen molar-refractivity contribution in [2.75, 3.05) is 24.4 Å². The summed E-state index contributed by atoms with van der Waals surface area (Å²) in [6, 6.07) is 4.81. The quantitative estimate of drug-likeness (QED) is 0.732. The Morgan fingerprint density at radius 3 is 2.29 bits per heavy atom. The summed E-state index contributed by atoms with van der Waals surface area (Å²) in [7, 11) is 1.28. The predicted molar refractivity (Wildman–Crippen MR) is 94.4 cm³/mol. The Kier molecular flexibility index (Phi) is 7.78. The van der Waals surface area contributed by atoms with E-state index in [-0.39, 0.29) is 18.3 Å². The molecule has 1 aromatic carbocycles. The highest BCUT2D eigenvalue weighted by molar-refractivity contribution is 8.13. The normalized spacial score (nSPS) is 11.5. The zero-order chi connectivity index (χ0) is 18.3. The third-order valence-electron chi connectivity index (χ3n) is 3.45. The molecule has 132 valence electrons. The first-order chi connectivity index (χ1) is 11.3. The minimum absolute atomic E-state index is 0.117. The largest absolute Gasteiger partial charge is 0.467 e. The van der Waals surface area contributed by atoms with Gasteiger partial charge in [-0.05, 0) is 50.6 Å². The third kappa shape index (κ3) is 4.99. The lowest BCUT2D eigenvalue weighted by Crippen LogP contribution is -2.45. The Balaban J connectivity index is 3.13. The van der Waals surface area contributed by atoms with Gasteiger partial charge in [0, 0.05) is 0 Å². The number of nitrogens with zero attached hydrogens (tertiary/aromatic N) is 1. The highest BCUT2D eigenvalue weighted by Crippen LogP contribution is 2.28. The van der Waals surface area contributed by atoms with Crippen LogP contribution in [0.3, 0.4) is 0 Å². The zero-order valence-corrected chi connectivity index (χ0v) is 15.4. The number of esters is 1. The van der Waals surface area contributed by atoms with Gasteiger partial charge in [0.2, 0.25) is 5.91 Å². The van der Waals surface area contributed by atoms with E-state index >= 15 is 0 Å². The highest BCUT2D eigenvalue weighted by Gasteiger charge is 2.30. The molecule has 1 amide bonds. The highest BCUT2D eigenvalue weighted by atomic mass is 32.2. The average Bonchev–Trinajstić information content (AvgIpc) is 2.55. The fourth-order valence-corrected chi connectivity index (χ4v) is 2.93. The summed E-state index contributed by atoms with van der Waals surface area (Å²) in [6.07, 6.45) is 0. The monoisotopic (exact) mass is 353 g/mol. The first-order valence-corrected chi connectivity index (χ1v) is 8.57. The van der Waals surface area contributed by atoms with Crippen molar-refractivity contribution in [3.05, 3.63) is 29.3 Å². The minimum atomic E-state index is -0.801.